The average molecular weight is 297 g/mol. The Kier molecular flexibility index (Phi) is 4.20. The maximum absolute atomic E-state index is 13.7. The highest BCUT2D eigenvalue weighted by Gasteiger charge is 2.24. The van der Waals surface area contributed by atoms with Crippen molar-refractivity contribution in [1.29, 1.82) is 0 Å². The van der Waals surface area contributed by atoms with E-state index >= 15 is 0 Å². The molecule has 0 saturated carbocycles. The van der Waals surface area contributed by atoms with Gasteiger partial charge in [0.15, 0.2) is 0 Å². The van der Waals surface area contributed by atoms with Crippen LogP contribution >= 0.6 is 11.6 Å². The summed E-state index contributed by atoms with van der Waals surface area (Å²) < 4.78 is 27.5. The van der Waals surface area contributed by atoms with E-state index in [4.69, 9.17) is 17.3 Å². The lowest BCUT2D eigenvalue weighted by molar-refractivity contribution is -0.119. The minimum Gasteiger partial charge on any atom is -0.370 e. The van der Waals surface area contributed by atoms with E-state index in [2.05, 4.69) is 5.32 Å². The van der Waals surface area contributed by atoms with Gasteiger partial charge in [-0.15, -0.1) is 0 Å². The van der Waals surface area contributed by atoms with Gasteiger partial charge in [-0.3, -0.25) is 4.79 Å². The molecule has 0 saturated heterocycles. The van der Waals surface area contributed by atoms with Crippen molar-refractivity contribution in [3.63, 3.8) is 0 Å². The predicted molar refractivity (Wildman–Crippen MR) is 73.4 cm³/mol. The molecule has 3 N–H and O–H groups in total. The van der Waals surface area contributed by atoms with E-state index in [9.17, 15) is 13.6 Å². The summed E-state index contributed by atoms with van der Waals surface area (Å²) in [7, 11) is 0. The van der Waals surface area contributed by atoms with Gasteiger partial charge in [-0.25, -0.2) is 8.78 Å². The second-order valence-electron chi connectivity index (χ2n) is 4.13. The van der Waals surface area contributed by atoms with Gasteiger partial charge in [0.2, 0.25) is 5.91 Å². The van der Waals surface area contributed by atoms with Crippen LogP contribution in [0.15, 0.2) is 42.5 Å². The minimum absolute atomic E-state index is 0.417. The van der Waals surface area contributed by atoms with E-state index in [0.717, 1.165) is 12.1 Å². The lowest BCUT2D eigenvalue weighted by Gasteiger charge is -2.18. The van der Waals surface area contributed by atoms with Crippen LogP contribution in [0.25, 0.3) is 0 Å². The second-order valence-corrected chi connectivity index (χ2v) is 4.56. The van der Waals surface area contributed by atoms with Gasteiger partial charge in [-0.1, -0.05) is 23.7 Å². The van der Waals surface area contributed by atoms with Crippen LogP contribution in [0.5, 0.6) is 0 Å². The van der Waals surface area contributed by atoms with Gasteiger partial charge in [0.05, 0.1) is 5.56 Å². The van der Waals surface area contributed by atoms with Gasteiger partial charge < -0.3 is 11.1 Å². The van der Waals surface area contributed by atoms with E-state index in [1.165, 1.54) is 12.1 Å². The molecule has 0 aliphatic rings. The van der Waals surface area contributed by atoms with Crippen LogP contribution in [0.4, 0.5) is 14.5 Å². The lowest BCUT2D eigenvalue weighted by atomic mass is 10.0. The van der Waals surface area contributed by atoms with Crippen molar-refractivity contribution in [3.8, 4) is 0 Å². The number of amides is 1. The molecule has 0 spiro atoms. The normalized spacial score (nSPS) is 11.9. The highest BCUT2D eigenvalue weighted by atomic mass is 35.5. The number of nitrogens with two attached hydrogens (primary N) is 1. The molecule has 20 heavy (non-hydrogen) atoms. The van der Waals surface area contributed by atoms with E-state index < -0.39 is 29.1 Å². The van der Waals surface area contributed by atoms with E-state index in [1.807, 2.05) is 0 Å². The van der Waals surface area contributed by atoms with Crippen molar-refractivity contribution < 1.29 is 13.6 Å². The quantitative estimate of drug-likeness (QED) is 0.910. The maximum Gasteiger partial charge on any atom is 0.244 e. The third-order valence-corrected chi connectivity index (χ3v) is 2.94. The Labute approximate surface area is 119 Å². The molecule has 0 aliphatic carbocycles. The predicted octanol–water partition coefficient (Wildman–Crippen LogP) is 3.26. The Hall–Kier alpha value is -2.14. The molecule has 104 valence electrons. The maximum atomic E-state index is 13.7. The fourth-order valence-corrected chi connectivity index (χ4v) is 2.01. The van der Waals surface area contributed by atoms with Gasteiger partial charge in [-0.2, -0.15) is 0 Å². The number of halogens is 3. The highest BCUT2D eigenvalue weighted by molar-refractivity contribution is 6.30. The van der Waals surface area contributed by atoms with Crippen LogP contribution < -0.4 is 11.1 Å². The summed E-state index contributed by atoms with van der Waals surface area (Å²) in [6.45, 7) is 0. The zero-order valence-electron chi connectivity index (χ0n) is 10.2. The molecule has 0 bridgehead atoms. The molecular formula is C14H11ClF2N2O. The molecule has 2 aromatic rings. The summed E-state index contributed by atoms with van der Waals surface area (Å²) in [5.74, 6) is -2.58. The summed E-state index contributed by atoms with van der Waals surface area (Å²) >= 11 is 5.81. The van der Waals surface area contributed by atoms with Crippen molar-refractivity contribution in [3.05, 3.63) is 64.7 Å². The number of anilines is 1. The van der Waals surface area contributed by atoms with Crippen LogP contribution in [0.1, 0.15) is 11.6 Å². The van der Waals surface area contributed by atoms with Gasteiger partial charge in [0.25, 0.3) is 0 Å². The number of benzene rings is 2. The number of primary amides is 1. The number of hydrogen-bond acceptors (Lipinski definition) is 2. The Morgan fingerprint density at radius 2 is 1.75 bits per heavy atom. The number of carbonyl (C=O) groups excluding carboxylic acids is 1. The summed E-state index contributed by atoms with van der Waals surface area (Å²) in [5.41, 5.74) is 5.24. The molecule has 0 fully saturated rings. The molecule has 6 heteroatoms. The van der Waals surface area contributed by atoms with Crippen molar-refractivity contribution in [2.45, 2.75) is 6.04 Å². The molecule has 0 aromatic heterocycles. The van der Waals surface area contributed by atoms with Crippen LogP contribution in [0.3, 0.4) is 0 Å². The first-order chi connectivity index (χ1) is 9.49. The van der Waals surface area contributed by atoms with Crippen LogP contribution in [0, 0.1) is 11.6 Å². The minimum atomic E-state index is -1.32. The summed E-state index contributed by atoms with van der Waals surface area (Å²) in [5, 5.41) is 3.10. The van der Waals surface area contributed by atoms with Crippen LogP contribution in [-0.4, -0.2) is 5.91 Å². The van der Waals surface area contributed by atoms with Crippen LogP contribution in [-0.2, 0) is 4.79 Å². The smallest absolute Gasteiger partial charge is 0.244 e. The van der Waals surface area contributed by atoms with Crippen molar-refractivity contribution in [2.75, 3.05) is 5.32 Å². The third-order valence-electron chi connectivity index (χ3n) is 2.71. The Balaban J connectivity index is 2.40. The lowest BCUT2D eigenvalue weighted by Crippen LogP contribution is -2.29. The molecule has 1 unspecified atom stereocenters. The average Bonchev–Trinajstić information content (AvgIpc) is 2.37. The van der Waals surface area contributed by atoms with Crippen molar-refractivity contribution >= 4 is 23.2 Å². The van der Waals surface area contributed by atoms with E-state index in [0.29, 0.717) is 10.7 Å². The molecule has 1 amide bonds. The number of nitrogens with one attached hydrogen (secondary N) is 1. The molecule has 0 radical (unpaired) electrons. The summed E-state index contributed by atoms with van der Waals surface area (Å²) in [6.07, 6.45) is 0. The first-order valence-corrected chi connectivity index (χ1v) is 6.12. The molecule has 2 aromatic carbocycles. The van der Waals surface area contributed by atoms with Crippen LogP contribution in [0.2, 0.25) is 5.02 Å². The van der Waals surface area contributed by atoms with E-state index in [1.54, 1.807) is 18.2 Å². The number of hydrogen-bond donors (Lipinski definition) is 2. The monoisotopic (exact) mass is 296 g/mol. The fourth-order valence-electron chi connectivity index (χ4n) is 1.82. The van der Waals surface area contributed by atoms with E-state index in [-0.39, 0.29) is 0 Å². The van der Waals surface area contributed by atoms with Crippen molar-refractivity contribution in [2.24, 2.45) is 5.73 Å². The first kappa shape index (κ1) is 14.3. The zero-order chi connectivity index (χ0) is 14.7. The largest absolute Gasteiger partial charge is 0.370 e. The summed E-state index contributed by atoms with van der Waals surface area (Å²) in [4.78, 5) is 11.5. The standard InChI is InChI=1S/C14H11ClF2N2O/c15-8-3-1-4-9(7-8)19-13(14(18)20)12-10(16)5-2-6-11(12)17/h1-7,13,19H,(H2,18,20). The molecule has 3 nitrogen and oxygen atoms in total. The first-order valence-electron chi connectivity index (χ1n) is 5.74. The molecule has 2 rings (SSSR count). The SMILES string of the molecule is NC(=O)C(Nc1cccc(Cl)c1)c1c(F)cccc1F. The Morgan fingerprint density at radius 1 is 1.15 bits per heavy atom. The number of carbonyl (C=O) groups is 1. The zero-order valence-corrected chi connectivity index (χ0v) is 11.0. The summed E-state index contributed by atoms with van der Waals surface area (Å²) in [6, 6.07) is 8.43. The topological polar surface area (TPSA) is 55.1 Å². The molecule has 0 aliphatic heterocycles. The fraction of sp³-hybridized carbons (Fsp3) is 0.0714. The highest BCUT2D eigenvalue weighted by Crippen LogP contribution is 2.25. The van der Waals surface area contributed by atoms with Gasteiger partial charge >= 0.3 is 0 Å². The van der Waals surface area contributed by atoms with Gasteiger partial charge in [0.1, 0.15) is 17.7 Å². The van der Waals surface area contributed by atoms with Gasteiger partial charge in [0, 0.05) is 10.7 Å². The Morgan fingerprint density at radius 3 is 2.30 bits per heavy atom. The van der Waals surface area contributed by atoms with Gasteiger partial charge in [-0.05, 0) is 30.3 Å². The Bertz CT molecular complexity index is 629. The number of rotatable bonds is 4. The second kappa shape index (κ2) is 5.88. The third kappa shape index (κ3) is 3.05. The molecular weight excluding hydrogens is 286 g/mol. The molecule has 0 heterocycles. The molecule has 1 atom stereocenters. The van der Waals surface area contributed by atoms with Crippen molar-refractivity contribution in [1.82, 2.24) is 0 Å².